The Bertz CT molecular complexity index is 1530. The van der Waals surface area contributed by atoms with Crippen molar-refractivity contribution < 1.29 is 24.6 Å². The summed E-state index contributed by atoms with van der Waals surface area (Å²) >= 11 is 0. The lowest BCUT2D eigenvalue weighted by Gasteiger charge is -2.21. The second-order valence-corrected chi connectivity index (χ2v) is 9.12. The molecule has 2 N–H and O–H groups in total. The minimum Gasteiger partial charge on any atom is -0.481 e. The quantitative estimate of drug-likeness (QED) is 0.195. The summed E-state index contributed by atoms with van der Waals surface area (Å²) in [7, 11) is 0. The van der Waals surface area contributed by atoms with Crippen molar-refractivity contribution >= 4 is 39.5 Å². The standard InChI is InChI=1S/C31H25NO5/c33-28(22-8-2-1-3-9-22)18-25(29(30(34)35)31(36)37)21-16-14-20(15-17-21)19-32-26-12-6-4-10-23(26)24-11-5-7-13-27(24)32/h1-17,25,29H,18-19H2,(H,34,35)(H,36,37). The molecular formula is C31H25NO5. The van der Waals surface area contributed by atoms with Crippen LogP contribution in [0.4, 0.5) is 0 Å². The summed E-state index contributed by atoms with van der Waals surface area (Å²) in [5.74, 6) is -5.98. The van der Waals surface area contributed by atoms with E-state index in [1.54, 1.807) is 42.5 Å². The van der Waals surface area contributed by atoms with Crippen molar-refractivity contribution in [2.24, 2.45) is 5.92 Å². The Morgan fingerprint density at radius 3 is 1.70 bits per heavy atom. The predicted octanol–water partition coefficient (Wildman–Crippen LogP) is 5.98. The smallest absolute Gasteiger partial charge is 0.318 e. The number of ketones is 1. The van der Waals surface area contributed by atoms with Gasteiger partial charge in [-0.2, -0.15) is 0 Å². The van der Waals surface area contributed by atoms with Crippen LogP contribution in [0.25, 0.3) is 21.8 Å². The maximum Gasteiger partial charge on any atom is 0.318 e. The molecule has 0 fully saturated rings. The SMILES string of the molecule is O=C(CC(c1ccc(Cn2c3ccccc3c3ccccc32)cc1)C(C(=O)O)C(=O)O)c1ccccc1. The van der Waals surface area contributed by atoms with Crippen LogP contribution in [0.15, 0.2) is 103 Å². The minimum atomic E-state index is -1.74. The van der Waals surface area contributed by atoms with Gasteiger partial charge in [0.15, 0.2) is 11.7 Å². The second-order valence-electron chi connectivity index (χ2n) is 9.12. The number of nitrogens with zero attached hydrogens (tertiary/aromatic N) is 1. The largest absolute Gasteiger partial charge is 0.481 e. The Labute approximate surface area is 213 Å². The average Bonchev–Trinajstić information content (AvgIpc) is 3.22. The minimum absolute atomic E-state index is 0.223. The molecule has 1 atom stereocenters. The van der Waals surface area contributed by atoms with Gasteiger partial charge in [0.05, 0.1) is 0 Å². The van der Waals surface area contributed by atoms with Gasteiger partial charge in [-0.1, -0.05) is 91.0 Å². The molecule has 0 spiro atoms. The summed E-state index contributed by atoms with van der Waals surface area (Å²) in [6.45, 7) is 0.587. The molecule has 0 aliphatic rings. The maximum atomic E-state index is 12.9. The number of aromatic nitrogens is 1. The van der Waals surface area contributed by atoms with E-state index in [2.05, 4.69) is 28.8 Å². The number of fused-ring (bicyclic) bond motifs is 3. The molecule has 0 radical (unpaired) electrons. The van der Waals surface area contributed by atoms with Crippen molar-refractivity contribution in [2.75, 3.05) is 0 Å². The fourth-order valence-corrected chi connectivity index (χ4v) is 5.05. The number of carbonyl (C=O) groups excluding carboxylic acids is 1. The third kappa shape index (κ3) is 4.74. The monoisotopic (exact) mass is 491 g/mol. The number of carboxylic acid groups (broad SMARTS) is 2. The Morgan fingerprint density at radius 2 is 1.16 bits per heavy atom. The fraction of sp³-hybridized carbons (Fsp3) is 0.129. The zero-order valence-electron chi connectivity index (χ0n) is 20.0. The predicted molar refractivity (Wildman–Crippen MR) is 142 cm³/mol. The molecule has 0 bridgehead atoms. The van der Waals surface area contributed by atoms with Crippen molar-refractivity contribution in [1.29, 1.82) is 0 Å². The molecule has 0 aliphatic heterocycles. The van der Waals surface area contributed by atoms with Crippen LogP contribution in [0.5, 0.6) is 0 Å². The number of carboxylic acids is 2. The number of para-hydroxylation sites is 2. The number of hydrogen-bond donors (Lipinski definition) is 2. The summed E-state index contributed by atoms with van der Waals surface area (Å²) in [4.78, 5) is 36.7. The molecule has 184 valence electrons. The van der Waals surface area contributed by atoms with Gasteiger partial charge in [0, 0.05) is 46.3 Å². The van der Waals surface area contributed by atoms with Crippen molar-refractivity contribution in [2.45, 2.75) is 18.9 Å². The maximum absolute atomic E-state index is 12.9. The van der Waals surface area contributed by atoms with Crippen LogP contribution in [-0.4, -0.2) is 32.5 Å². The Hall–Kier alpha value is -4.71. The van der Waals surface area contributed by atoms with Crippen LogP contribution in [-0.2, 0) is 16.1 Å². The lowest BCUT2D eigenvalue weighted by Crippen LogP contribution is -2.31. The van der Waals surface area contributed by atoms with Gasteiger partial charge < -0.3 is 14.8 Å². The lowest BCUT2D eigenvalue weighted by molar-refractivity contribution is -0.155. The first-order chi connectivity index (χ1) is 17.9. The van der Waals surface area contributed by atoms with E-state index in [1.165, 1.54) is 10.8 Å². The molecule has 37 heavy (non-hydrogen) atoms. The summed E-state index contributed by atoms with van der Waals surface area (Å²) in [6.07, 6.45) is -0.223. The average molecular weight is 492 g/mol. The van der Waals surface area contributed by atoms with Crippen LogP contribution in [0.1, 0.15) is 33.8 Å². The van der Waals surface area contributed by atoms with Gasteiger partial charge in [0.25, 0.3) is 0 Å². The van der Waals surface area contributed by atoms with Gasteiger partial charge >= 0.3 is 11.9 Å². The molecule has 6 heteroatoms. The van der Waals surface area contributed by atoms with E-state index >= 15 is 0 Å². The first-order valence-corrected chi connectivity index (χ1v) is 12.0. The fourth-order valence-electron chi connectivity index (χ4n) is 5.05. The van der Waals surface area contributed by atoms with E-state index < -0.39 is 23.8 Å². The molecular weight excluding hydrogens is 466 g/mol. The highest BCUT2D eigenvalue weighted by atomic mass is 16.4. The van der Waals surface area contributed by atoms with Gasteiger partial charge in [-0.05, 0) is 23.3 Å². The number of Topliss-reactive ketones (excluding diaryl/α,β-unsaturated/α-hetero) is 1. The van der Waals surface area contributed by atoms with Crippen molar-refractivity contribution in [3.8, 4) is 0 Å². The molecule has 1 heterocycles. The summed E-state index contributed by atoms with van der Waals surface area (Å²) < 4.78 is 2.23. The lowest BCUT2D eigenvalue weighted by atomic mass is 9.81. The van der Waals surface area contributed by atoms with Crippen LogP contribution in [0.2, 0.25) is 0 Å². The third-order valence-electron chi connectivity index (χ3n) is 6.86. The van der Waals surface area contributed by atoms with E-state index in [-0.39, 0.29) is 12.2 Å². The highest BCUT2D eigenvalue weighted by Gasteiger charge is 2.37. The third-order valence-corrected chi connectivity index (χ3v) is 6.86. The molecule has 5 aromatic rings. The van der Waals surface area contributed by atoms with E-state index in [0.717, 1.165) is 16.6 Å². The normalized spacial score (nSPS) is 12.1. The van der Waals surface area contributed by atoms with E-state index in [9.17, 15) is 24.6 Å². The molecule has 5 rings (SSSR count). The van der Waals surface area contributed by atoms with Gasteiger partial charge in [-0.3, -0.25) is 14.4 Å². The van der Waals surface area contributed by atoms with Crippen LogP contribution in [0, 0.1) is 5.92 Å². The molecule has 1 aromatic heterocycles. The van der Waals surface area contributed by atoms with Gasteiger partial charge in [-0.15, -0.1) is 0 Å². The first kappa shape index (κ1) is 24.0. The molecule has 0 amide bonds. The summed E-state index contributed by atoms with van der Waals surface area (Å²) in [6, 6.07) is 32.2. The number of aliphatic carboxylic acids is 2. The molecule has 0 saturated carbocycles. The van der Waals surface area contributed by atoms with E-state index in [1.807, 2.05) is 36.4 Å². The second kappa shape index (κ2) is 10.1. The van der Waals surface area contributed by atoms with Gasteiger partial charge in [0.1, 0.15) is 0 Å². The van der Waals surface area contributed by atoms with Crippen molar-refractivity contribution in [3.63, 3.8) is 0 Å². The molecule has 0 aliphatic carbocycles. The van der Waals surface area contributed by atoms with Crippen molar-refractivity contribution in [1.82, 2.24) is 4.57 Å². The van der Waals surface area contributed by atoms with Crippen LogP contribution < -0.4 is 0 Å². The molecule has 0 saturated heterocycles. The number of benzene rings is 4. The van der Waals surface area contributed by atoms with Crippen LogP contribution in [0.3, 0.4) is 0 Å². The van der Waals surface area contributed by atoms with E-state index in [0.29, 0.717) is 17.7 Å². The molecule has 1 unspecified atom stereocenters. The van der Waals surface area contributed by atoms with E-state index in [4.69, 9.17) is 0 Å². The molecule has 6 nitrogen and oxygen atoms in total. The Balaban J connectivity index is 1.48. The zero-order valence-corrected chi connectivity index (χ0v) is 20.0. The zero-order chi connectivity index (χ0) is 25.9. The highest BCUT2D eigenvalue weighted by molar-refractivity contribution is 6.08. The number of rotatable bonds is 9. The topological polar surface area (TPSA) is 96.6 Å². The molecule has 4 aromatic carbocycles. The van der Waals surface area contributed by atoms with Crippen molar-refractivity contribution in [3.05, 3.63) is 120 Å². The number of hydrogen-bond acceptors (Lipinski definition) is 3. The summed E-state index contributed by atoms with van der Waals surface area (Å²) in [5, 5.41) is 21.7. The van der Waals surface area contributed by atoms with Gasteiger partial charge in [0.2, 0.25) is 0 Å². The van der Waals surface area contributed by atoms with Crippen LogP contribution >= 0.6 is 0 Å². The number of carbonyl (C=O) groups is 3. The Morgan fingerprint density at radius 1 is 0.649 bits per heavy atom. The first-order valence-electron chi connectivity index (χ1n) is 12.0. The Kier molecular flexibility index (Phi) is 6.56. The van der Waals surface area contributed by atoms with Gasteiger partial charge in [-0.25, -0.2) is 0 Å². The summed E-state index contributed by atoms with van der Waals surface area (Å²) in [5.41, 5.74) is 4.12. The highest BCUT2D eigenvalue weighted by Crippen LogP contribution is 2.32.